The topological polar surface area (TPSA) is 66.4 Å². The van der Waals surface area contributed by atoms with Gasteiger partial charge < -0.3 is 10.4 Å². The summed E-state index contributed by atoms with van der Waals surface area (Å²) in [5, 5.41) is 11.5. The minimum Gasteiger partial charge on any atom is -0.480 e. The van der Waals surface area contributed by atoms with Crippen LogP contribution in [0.5, 0.6) is 0 Å². The maximum absolute atomic E-state index is 12.7. The summed E-state index contributed by atoms with van der Waals surface area (Å²) in [6.07, 6.45) is 0.221. The van der Waals surface area contributed by atoms with Crippen LogP contribution in [0.15, 0.2) is 29.2 Å². The Kier molecular flexibility index (Phi) is 6.51. The van der Waals surface area contributed by atoms with Crippen molar-refractivity contribution in [2.24, 2.45) is 5.92 Å². The SMILES string of the molecule is CC(C)[C@@H](NC(=O)CCSc1ccc(F)cc1)C(=O)O. The lowest BCUT2D eigenvalue weighted by Crippen LogP contribution is -2.44. The maximum atomic E-state index is 12.7. The molecule has 20 heavy (non-hydrogen) atoms. The fourth-order valence-corrected chi connectivity index (χ4v) is 2.40. The highest BCUT2D eigenvalue weighted by atomic mass is 32.2. The second-order valence-corrected chi connectivity index (χ2v) is 5.85. The van der Waals surface area contributed by atoms with E-state index in [0.717, 1.165) is 4.90 Å². The number of halogens is 1. The predicted molar refractivity (Wildman–Crippen MR) is 76.1 cm³/mol. The molecule has 0 heterocycles. The van der Waals surface area contributed by atoms with Crippen LogP contribution in [0.1, 0.15) is 20.3 Å². The first-order chi connectivity index (χ1) is 9.40. The molecule has 1 aromatic rings. The average Bonchev–Trinajstić information content (AvgIpc) is 2.37. The first-order valence-corrected chi connectivity index (χ1v) is 7.29. The minimum atomic E-state index is -1.03. The fourth-order valence-electron chi connectivity index (χ4n) is 1.55. The molecular weight excluding hydrogens is 281 g/mol. The molecule has 0 saturated heterocycles. The summed E-state index contributed by atoms with van der Waals surface area (Å²) < 4.78 is 12.7. The van der Waals surface area contributed by atoms with Crippen LogP contribution in [0.4, 0.5) is 4.39 Å². The third-order valence-corrected chi connectivity index (χ3v) is 3.67. The van der Waals surface area contributed by atoms with Gasteiger partial charge in [-0.15, -0.1) is 11.8 Å². The Labute approximate surface area is 121 Å². The molecule has 1 atom stereocenters. The molecule has 0 aromatic heterocycles. The van der Waals surface area contributed by atoms with Gasteiger partial charge in [0, 0.05) is 17.1 Å². The Balaban J connectivity index is 2.36. The average molecular weight is 299 g/mol. The number of aliphatic carboxylic acids is 1. The highest BCUT2D eigenvalue weighted by Crippen LogP contribution is 2.18. The molecule has 0 aliphatic rings. The zero-order valence-electron chi connectivity index (χ0n) is 11.4. The van der Waals surface area contributed by atoms with Gasteiger partial charge in [-0.3, -0.25) is 4.79 Å². The number of carboxylic acid groups (broad SMARTS) is 1. The van der Waals surface area contributed by atoms with Crippen LogP contribution in [0.2, 0.25) is 0 Å². The molecule has 0 radical (unpaired) electrons. The summed E-state index contributed by atoms with van der Waals surface area (Å²) in [7, 11) is 0. The van der Waals surface area contributed by atoms with Crippen LogP contribution in [0.3, 0.4) is 0 Å². The van der Waals surface area contributed by atoms with E-state index in [9.17, 15) is 14.0 Å². The number of rotatable bonds is 7. The quantitative estimate of drug-likeness (QED) is 0.759. The van der Waals surface area contributed by atoms with E-state index in [0.29, 0.717) is 5.75 Å². The summed E-state index contributed by atoms with van der Waals surface area (Å²) in [5.74, 6) is -1.27. The standard InChI is InChI=1S/C14H18FNO3S/c1-9(2)13(14(18)19)16-12(17)7-8-20-11-5-3-10(15)4-6-11/h3-6,9,13H,7-8H2,1-2H3,(H,16,17)(H,18,19)/t13-/m1/s1. The Bertz CT molecular complexity index is 462. The van der Waals surface area contributed by atoms with Gasteiger partial charge in [0.1, 0.15) is 11.9 Å². The van der Waals surface area contributed by atoms with E-state index < -0.39 is 12.0 Å². The molecule has 2 N–H and O–H groups in total. The van der Waals surface area contributed by atoms with Crippen molar-refractivity contribution in [1.29, 1.82) is 0 Å². The van der Waals surface area contributed by atoms with Gasteiger partial charge in [0.05, 0.1) is 0 Å². The van der Waals surface area contributed by atoms with Crippen molar-refractivity contribution in [2.75, 3.05) is 5.75 Å². The molecule has 0 saturated carbocycles. The van der Waals surface area contributed by atoms with E-state index in [-0.39, 0.29) is 24.1 Å². The Morgan fingerprint density at radius 3 is 2.40 bits per heavy atom. The molecule has 0 aliphatic carbocycles. The van der Waals surface area contributed by atoms with Crippen molar-refractivity contribution in [2.45, 2.75) is 31.2 Å². The summed E-state index contributed by atoms with van der Waals surface area (Å²) in [5.41, 5.74) is 0. The highest BCUT2D eigenvalue weighted by molar-refractivity contribution is 7.99. The van der Waals surface area contributed by atoms with Crippen molar-refractivity contribution >= 4 is 23.6 Å². The van der Waals surface area contributed by atoms with Crippen molar-refractivity contribution in [3.8, 4) is 0 Å². The largest absolute Gasteiger partial charge is 0.480 e. The molecule has 0 spiro atoms. The lowest BCUT2D eigenvalue weighted by Gasteiger charge is -2.17. The molecule has 110 valence electrons. The van der Waals surface area contributed by atoms with Crippen molar-refractivity contribution in [3.63, 3.8) is 0 Å². The molecule has 6 heteroatoms. The number of benzene rings is 1. The van der Waals surface area contributed by atoms with Crippen LogP contribution in [-0.2, 0) is 9.59 Å². The molecule has 4 nitrogen and oxygen atoms in total. The Morgan fingerprint density at radius 2 is 1.90 bits per heavy atom. The predicted octanol–water partition coefficient (Wildman–Crippen LogP) is 2.53. The number of carbonyl (C=O) groups excluding carboxylic acids is 1. The van der Waals surface area contributed by atoms with Crippen molar-refractivity contribution in [1.82, 2.24) is 5.32 Å². The first kappa shape index (κ1) is 16.5. The van der Waals surface area contributed by atoms with E-state index in [1.807, 2.05) is 0 Å². The monoisotopic (exact) mass is 299 g/mol. The Hall–Kier alpha value is -1.56. The van der Waals surface area contributed by atoms with Gasteiger partial charge in [0.25, 0.3) is 0 Å². The lowest BCUT2D eigenvalue weighted by atomic mass is 10.0. The van der Waals surface area contributed by atoms with E-state index in [1.54, 1.807) is 26.0 Å². The van der Waals surface area contributed by atoms with E-state index in [4.69, 9.17) is 5.11 Å². The molecular formula is C14H18FNO3S. The molecule has 0 unspecified atom stereocenters. The molecule has 1 aromatic carbocycles. The fraction of sp³-hybridized carbons (Fsp3) is 0.429. The van der Waals surface area contributed by atoms with Crippen LogP contribution in [0, 0.1) is 11.7 Å². The zero-order valence-corrected chi connectivity index (χ0v) is 12.2. The summed E-state index contributed by atoms with van der Waals surface area (Å²) >= 11 is 1.43. The van der Waals surface area contributed by atoms with Crippen molar-refractivity contribution < 1.29 is 19.1 Å². The number of amides is 1. The van der Waals surface area contributed by atoms with Crippen LogP contribution >= 0.6 is 11.8 Å². The number of hydrogen-bond donors (Lipinski definition) is 2. The van der Waals surface area contributed by atoms with Gasteiger partial charge in [-0.2, -0.15) is 0 Å². The second-order valence-electron chi connectivity index (χ2n) is 4.68. The van der Waals surface area contributed by atoms with Crippen molar-refractivity contribution in [3.05, 3.63) is 30.1 Å². The van der Waals surface area contributed by atoms with E-state index in [2.05, 4.69) is 5.32 Å². The second kappa shape index (κ2) is 7.89. The van der Waals surface area contributed by atoms with Crippen LogP contribution < -0.4 is 5.32 Å². The number of nitrogens with one attached hydrogen (secondary N) is 1. The molecule has 0 aliphatic heterocycles. The van der Waals surface area contributed by atoms with Gasteiger partial charge in [0.15, 0.2) is 0 Å². The molecule has 1 rings (SSSR count). The highest BCUT2D eigenvalue weighted by Gasteiger charge is 2.22. The van der Waals surface area contributed by atoms with Gasteiger partial charge >= 0.3 is 5.97 Å². The molecule has 1 amide bonds. The van der Waals surface area contributed by atoms with Gasteiger partial charge in [-0.1, -0.05) is 13.8 Å². The molecule has 0 bridgehead atoms. The molecule has 0 fully saturated rings. The van der Waals surface area contributed by atoms with Crippen LogP contribution in [0.25, 0.3) is 0 Å². The summed E-state index contributed by atoms with van der Waals surface area (Å²) in [6, 6.07) is 5.15. The van der Waals surface area contributed by atoms with Gasteiger partial charge in [0.2, 0.25) is 5.91 Å². The van der Waals surface area contributed by atoms with Crippen LogP contribution in [-0.4, -0.2) is 28.8 Å². The Morgan fingerprint density at radius 1 is 1.30 bits per heavy atom. The van der Waals surface area contributed by atoms with E-state index >= 15 is 0 Å². The third-order valence-electron chi connectivity index (χ3n) is 2.66. The minimum absolute atomic E-state index is 0.166. The van der Waals surface area contributed by atoms with Gasteiger partial charge in [-0.25, -0.2) is 9.18 Å². The van der Waals surface area contributed by atoms with Gasteiger partial charge in [-0.05, 0) is 30.2 Å². The maximum Gasteiger partial charge on any atom is 0.326 e. The normalized spacial score (nSPS) is 12.2. The number of carboxylic acids is 1. The number of thioether (sulfide) groups is 1. The number of hydrogen-bond acceptors (Lipinski definition) is 3. The smallest absolute Gasteiger partial charge is 0.326 e. The zero-order chi connectivity index (χ0) is 15.1. The lowest BCUT2D eigenvalue weighted by molar-refractivity contribution is -0.143. The summed E-state index contributed by atoms with van der Waals surface area (Å²) in [4.78, 5) is 23.5. The van der Waals surface area contributed by atoms with E-state index in [1.165, 1.54) is 23.9 Å². The third kappa shape index (κ3) is 5.61. The summed E-state index contributed by atoms with van der Waals surface area (Å²) in [6.45, 7) is 3.48. The first-order valence-electron chi connectivity index (χ1n) is 6.30. The number of carbonyl (C=O) groups is 2.